The van der Waals surface area contributed by atoms with E-state index in [2.05, 4.69) is 0 Å². The Bertz CT molecular complexity index is 563. The smallest absolute Gasteiger partial charge is 0.253 e. The third-order valence-corrected chi connectivity index (χ3v) is 4.75. The van der Waals surface area contributed by atoms with E-state index in [1.807, 2.05) is 18.7 Å². The average Bonchev–Trinajstić information content (AvgIpc) is 2.59. The molecular formula is C18H27N3O2. The van der Waals surface area contributed by atoms with Crippen LogP contribution in [0.4, 0.5) is 0 Å². The standard InChI is InChI=1S/C18H27N3O2/c1-4-20(3)17(22)15-6-5-7-16(12-15)18(23)21-10-8-14(9-11-21)13(2)19/h5-7,12-14H,4,8-11,19H2,1-3H3. The first-order valence-electron chi connectivity index (χ1n) is 8.34. The summed E-state index contributed by atoms with van der Waals surface area (Å²) in [4.78, 5) is 28.4. The van der Waals surface area contributed by atoms with Gasteiger partial charge in [-0.25, -0.2) is 0 Å². The van der Waals surface area contributed by atoms with Crippen LogP contribution in [0, 0.1) is 5.92 Å². The molecular weight excluding hydrogens is 290 g/mol. The number of nitrogens with zero attached hydrogens (tertiary/aromatic N) is 2. The van der Waals surface area contributed by atoms with Crippen molar-refractivity contribution in [3.63, 3.8) is 0 Å². The number of benzene rings is 1. The molecule has 0 saturated carbocycles. The quantitative estimate of drug-likeness (QED) is 0.923. The highest BCUT2D eigenvalue weighted by atomic mass is 16.2. The van der Waals surface area contributed by atoms with Crippen molar-refractivity contribution in [2.45, 2.75) is 32.7 Å². The van der Waals surface area contributed by atoms with E-state index >= 15 is 0 Å². The second kappa shape index (κ2) is 7.59. The molecule has 2 amide bonds. The maximum atomic E-state index is 12.7. The van der Waals surface area contributed by atoms with Crippen molar-refractivity contribution in [1.82, 2.24) is 9.80 Å². The Kier molecular flexibility index (Phi) is 5.77. The summed E-state index contributed by atoms with van der Waals surface area (Å²) < 4.78 is 0. The Morgan fingerprint density at radius 2 is 1.91 bits per heavy atom. The fourth-order valence-electron chi connectivity index (χ4n) is 2.96. The maximum Gasteiger partial charge on any atom is 0.253 e. The third kappa shape index (κ3) is 4.10. The molecule has 2 rings (SSSR count). The first kappa shape index (κ1) is 17.5. The minimum atomic E-state index is -0.0576. The van der Waals surface area contributed by atoms with Gasteiger partial charge in [-0.05, 0) is 50.8 Å². The zero-order valence-electron chi connectivity index (χ0n) is 14.3. The van der Waals surface area contributed by atoms with Crippen LogP contribution in [0.2, 0.25) is 0 Å². The van der Waals surface area contributed by atoms with Crippen LogP contribution >= 0.6 is 0 Å². The van der Waals surface area contributed by atoms with E-state index in [1.165, 1.54) is 0 Å². The molecule has 0 aromatic heterocycles. The van der Waals surface area contributed by atoms with E-state index in [1.54, 1.807) is 36.2 Å². The molecule has 1 saturated heterocycles. The van der Waals surface area contributed by atoms with Gasteiger partial charge in [0, 0.05) is 43.9 Å². The van der Waals surface area contributed by atoms with Gasteiger partial charge in [-0.2, -0.15) is 0 Å². The highest BCUT2D eigenvalue weighted by Gasteiger charge is 2.25. The molecule has 0 aliphatic carbocycles. The second-order valence-corrected chi connectivity index (χ2v) is 6.39. The lowest BCUT2D eigenvalue weighted by Gasteiger charge is -2.33. The van der Waals surface area contributed by atoms with Crippen LogP contribution in [0.5, 0.6) is 0 Å². The molecule has 1 heterocycles. The summed E-state index contributed by atoms with van der Waals surface area (Å²) in [7, 11) is 1.76. The topological polar surface area (TPSA) is 66.6 Å². The van der Waals surface area contributed by atoms with Crippen LogP contribution in [0.1, 0.15) is 47.4 Å². The van der Waals surface area contributed by atoms with Gasteiger partial charge in [-0.1, -0.05) is 6.07 Å². The highest BCUT2D eigenvalue weighted by Crippen LogP contribution is 2.21. The molecule has 23 heavy (non-hydrogen) atoms. The van der Waals surface area contributed by atoms with Crippen molar-refractivity contribution in [3.05, 3.63) is 35.4 Å². The Morgan fingerprint density at radius 1 is 1.30 bits per heavy atom. The fraction of sp³-hybridized carbons (Fsp3) is 0.556. The van der Waals surface area contributed by atoms with Gasteiger partial charge < -0.3 is 15.5 Å². The summed E-state index contributed by atoms with van der Waals surface area (Å²) in [5.74, 6) is 0.435. The summed E-state index contributed by atoms with van der Waals surface area (Å²) in [5, 5.41) is 0. The van der Waals surface area contributed by atoms with E-state index < -0.39 is 0 Å². The van der Waals surface area contributed by atoms with E-state index in [0.29, 0.717) is 23.6 Å². The van der Waals surface area contributed by atoms with Crippen LogP contribution in [-0.2, 0) is 0 Å². The number of rotatable bonds is 4. The molecule has 2 N–H and O–H groups in total. The zero-order chi connectivity index (χ0) is 17.0. The maximum absolute atomic E-state index is 12.7. The summed E-state index contributed by atoms with van der Waals surface area (Å²) in [5.41, 5.74) is 7.09. The summed E-state index contributed by atoms with van der Waals surface area (Å²) in [6.07, 6.45) is 1.89. The molecule has 0 spiro atoms. The van der Waals surface area contributed by atoms with Crippen molar-refractivity contribution in [1.29, 1.82) is 0 Å². The van der Waals surface area contributed by atoms with Crippen LogP contribution < -0.4 is 5.73 Å². The van der Waals surface area contributed by atoms with Crippen LogP contribution in [0.25, 0.3) is 0 Å². The van der Waals surface area contributed by atoms with Crippen LogP contribution in [0.15, 0.2) is 24.3 Å². The monoisotopic (exact) mass is 317 g/mol. The molecule has 1 aliphatic heterocycles. The second-order valence-electron chi connectivity index (χ2n) is 6.39. The zero-order valence-corrected chi connectivity index (χ0v) is 14.3. The number of carbonyl (C=O) groups is 2. The van der Waals surface area contributed by atoms with Gasteiger partial charge in [0.25, 0.3) is 11.8 Å². The van der Waals surface area contributed by atoms with Crippen LogP contribution in [0.3, 0.4) is 0 Å². The fourth-order valence-corrected chi connectivity index (χ4v) is 2.96. The third-order valence-electron chi connectivity index (χ3n) is 4.75. The first-order chi connectivity index (χ1) is 10.9. The van der Waals surface area contributed by atoms with Crippen molar-refractivity contribution in [2.75, 3.05) is 26.7 Å². The summed E-state index contributed by atoms with van der Waals surface area (Å²) in [6.45, 7) is 6.06. The first-order valence-corrected chi connectivity index (χ1v) is 8.34. The van der Waals surface area contributed by atoms with E-state index in [9.17, 15) is 9.59 Å². The van der Waals surface area contributed by atoms with Gasteiger partial charge in [0.2, 0.25) is 0 Å². The Hall–Kier alpha value is -1.88. The van der Waals surface area contributed by atoms with Gasteiger partial charge in [0.15, 0.2) is 0 Å². The molecule has 0 radical (unpaired) electrons. The van der Waals surface area contributed by atoms with Gasteiger partial charge in [0.1, 0.15) is 0 Å². The largest absolute Gasteiger partial charge is 0.342 e. The normalized spacial score (nSPS) is 17.0. The number of piperidine rings is 1. The molecule has 1 aliphatic rings. The predicted molar refractivity (Wildman–Crippen MR) is 91.4 cm³/mol. The molecule has 1 aromatic rings. The summed E-state index contributed by atoms with van der Waals surface area (Å²) >= 11 is 0. The SMILES string of the molecule is CCN(C)C(=O)c1cccc(C(=O)N2CCC(C(C)N)CC2)c1. The number of carbonyl (C=O) groups excluding carboxylic acids is 2. The van der Waals surface area contributed by atoms with Crippen molar-refractivity contribution < 1.29 is 9.59 Å². The van der Waals surface area contributed by atoms with E-state index in [4.69, 9.17) is 5.73 Å². The number of hydrogen-bond donors (Lipinski definition) is 1. The molecule has 1 aromatic carbocycles. The molecule has 5 heteroatoms. The Morgan fingerprint density at radius 3 is 2.48 bits per heavy atom. The predicted octanol–water partition coefficient (Wildman–Crippen LogP) is 1.98. The minimum Gasteiger partial charge on any atom is -0.342 e. The Balaban J connectivity index is 2.07. The van der Waals surface area contributed by atoms with Crippen molar-refractivity contribution in [3.8, 4) is 0 Å². The lowest BCUT2D eigenvalue weighted by molar-refractivity contribution is 0.0681. The minimum absolute atomic E-state index is 0.00178. The molecule has 0 bridgehead atoms. The molecule has 1 fully saturated rings. The molecule has 1 atom stereocenters. The average molecular weight is 317 g/mol. The lowest BCUT2D eigenvalue weighted by Crippen LogP contribution is -2.42. The molecule has 1 unspecified atom stereocenters. The molecule has 126 valence electrons. The summed E-state index contributed by atoms with van der Waals surface area (Å²) in [6, 6.07) is 7.20. The number of likely N-dealkylation sites (tertiary alicyclic amines) is 1. The van der Waals surface area contributed by atoms with Crippen molar-refractivity contribution >= 4 is 11.8 Å². The number of amides is 2. The van der Waals surface area contributed by atoms with E-state index in [-0.39, 0.29) is 17.9 Å². The lowest BCUT2D eigenvalue weighted by atomic mass is 9.90. The number of hydrogen-bond acceptors (Lipinski definition) is 3. The van der Waals surface area contributed by atoms with E-state index in [0.717, 1.165) is 25.9 Å². The Labute approximate surface area is 138 Å². The van der Waals surface area contributed by atoms with Crippen LogP contribution in [-0.4, -0.2) is 54.3 Å². The van der Waals surface area contributed by atoms with Crippen molar-refractivity contribution in [2.24, 2.45) is 11.7 Å². The van der Waals surface area contributed by atoms with Gasteiger partial charge in [0.05, 0.1) is 0 Å². The highest BCUT2D eigenvalue weighted by molar-refractivity contribution is 5.99. The van der Waals surface area contributed by atoms with Gasteiger partial charge >= 0.3 is 0 Å². The van der Waals surface area contributed by atoms with Gasteiger partial charge in [-0.3, -0.25) is 9.59 Å². The number of nitrogens with two attached hydrogens (primary N) is 1. The van der Waals surface area contributed by atoms with Gasteiger partial charge in [-0.15, -0.1) is 0 Å². The molecule has 5 nitrogen and oxygen atoms in total.